The molecule has 0 atom stereocenters. The molecule has 0 saturated carbocycles. The van der Waals surface area contributed by atoms with Crippen molar-refractivity contribution in [3.63, 3.8) is 0 Å². The summed E-state index contributed by atoms with van der Waals surface area (Å²) in [5, 5.41) is 11.3. The van der Waals surface area contributed by atoms with Crippen LogP contribution in [0.15, 0.2) is 12.4 Å². The first-order valence-corrected chi connectivity index (χ1v) is 6.26. The maximum Gasteiger partial charge on any atom is 0.358 e. The second-order valence-corrected chi connectivity index (χ2v) is 6.31. The predicted octanol–water partition coefficient (Wildman–Crippen LogP) is 1.64. The van der Waals surface area contributed by atoms with Crippen molar-refractivity contribution >= 4 is 29.5 Å². The molecule has 0 aliphatic rings. The van der Waals surface area contributed by atoms with Gasteiger partial charge in [-0.1, -0.05) is 20.8 Å². The van der Waals surface area contributed by atoms with Crippen molar-refractivity contribution in [3.8, 4) is 0 Å². The van der Waals surface area contributed by atoms with Gasteiger partial charge in [0.25, 0.3) is 0 Å². The van der Waals surface area contributed by atoms with Crippen LogP contribution in [0.3, 0.4) is 0 Å². The Morgan fingerprint density at radius 3 is 2.50 bits per heavy atom. The summed E-state index contributed by atoms with van der Waals surface area (Å²) in [5.41, 5.74) is -0.258. The molecule has 1 aromatic heterocycles. The van der Waals surface area contributed by atoms with E-state index in [0.29, 0.717) is 0 Å². The Morgan fingerprint density at radius 2 is 1.94 bits per heavy atom. The van der Waals surface area contributed by atoms with Crippen molar-refractivity contribution in [2.75, 3.05) is 11.1 Å². The van der Waals surface area contributed by atoms with Gasteiger partial charge in [0.2, 0.25) is 5.91 Å². The molecule has 0 bridgehead atoms. The van der Waals surface area contributed by atoms with Gasteiger partial charge in [-0.25, -0.2) is 14.8 Å². The van der Waals surface area contributed by atoms with E-state index in [-0.39, 0.29) is 27.9 Å². The molecule has 1 heterocycles. The van der Waals surface area contributed by atoms with Crippen LogP contribution in [0.1, 0.15) is 31.3 Å². The molecule has 1 amide bonds. The first-order valence-electron chi connectivity index (χ1n) is 5.28. The molecule has 0 aromatic carbocycles. The van der Waals surface area contributed by atoms with Gasteiger partial charge in [0.05, 0.1) is 5.75 Å². The third-order valence-corrected chi connectivity index (χ3v) is 3.07. The van der Waals surface area contributed by atoms with Crippen molar-refractivity contribution in [2.45, 2.75) is 25.5 Å². The smallest absolute Gasteiger partial charge is 0.358 e. The SMILES string of the molecule is CC(C)(C)SCC(=O)Nc1nccnc1C(=O)O. The van der Waals surface area contributed by atoms with Gasteiger partial charge in [-0.05, 0) is 0 Å². The summed E-state index contributed by atoms with van der Waals surface area (Å²) in [5.74, 6) is -1.30. The van der Waals surface area contributed by atoms with Gasteiger partial charge in [-0.3, -0.25) is 4.79 Å². The van der Waals surface area contributed by atoms with Crippen LogP contribution in [0.25, 0.3) is 0 Å². The fraction of sp³-hybridized carbons (Fsp3) is 0.455. The highest BCUT2D eigenvalue weighted by Crippen LogP contribution is 2.23. The second-order valence-electron chi connectivity index (χ2n) is 4.51. The number of carboxylic acids is 1. The molecule has 0 aliphatic carbocycles. The number of amides is 1. The third kappa shape index (κ3) is 4.70. The summed E-state index contributed by atoms with van der Waals surface area (Å²) in [6.07, 6.45) is 2.60. The third-order valence-electron chi connectivity index (χ3n) is 1.79. The summed E-state index contributed by atoms with van der Waals surface area (Å²) in [7, 11) is 0. The number of carbonyl (C=O) groups is 2. The molecular weight excluding hydrogens is 254 g/mol. The van der Waals surface area contributed by atoms with Gasteiger partial charge in [0.1, 0.15) is 0 Å². The van der Waals surface area contributed by atoms with E-state index in [0.717, 1.165) is 0 Å². The number of carbonyl (C=O) groups excluding carboxylic acids is 1. The summed E-state index contributed by atoms with van der Waals surface area (Å²) >= 11 is 1.47. The molecule has 2 N–H and O–H groups in total. The lowest BCUT2D eigenvalue weighted by molar-refractivity contribution is -0.113. The maximum atomic E-state index is 11.6. The summed E-state index contributed by atoms with van der Waals surface area (Å²) in [6, 6.07) is 0. The number of aromatic carboxylic acids is 1. The fourth-order valence-electron chi connectivity index (χ4n) is 1.04. The largest absolute Gasteiger partial charge is 0.476 e. The number of carboxylic acid groups (broad SMARTS) is 1. The molecule has 1 aromatic rings. The van der Waals surface area contributed by atoms with Crippen LogP contribution in [-0.2, 0) is 4.79 Å². The highest BCUT2D eigenvalue weighted by atomic mass is 32.2. The van der Waals surface area contributed by atoms with Gasteiger partial charge in [0, 0.05) is 17.1 Å². The number of hydrogen-bond donors (Lipinski definition) is 2. The molecule has 0 spiro atoms. The zero-order valence-electron chi connectivity index (χ0n) is 10.4. The number of nitrogens with zero attached hydrogens (tertiary/aromatic N) is 2. The van der Waals surface area contributed by atoms with Gasteiger partial charge in [-0.2, -0.15) is 0 Å². The summed E-state index contributed by atoms with van der Waals surface area (Å²) in [4.78, 5) is 30.0. The number of aromatic nitrogens is 2. The van der Waals surface area contributed by atoms with E-state index in [4.69, 9.17) is 5.11 Å². The Balaban J connectivity index is 2.68. The number of nitrogens with one attached hydrogen (secondary N) is 1. The van der Waals surface area contributed by atoms with E-state index in [9.17, 15) is 9.59 Å². The van der Waals surface area contributed by atoms with Crippen molar-refractivity contribution < 1.29 is 14.7 Å². The molecule has 0 aliphatic heterocycles. The number of rotatable bonds is 4. The monoisotopic (exact) mass is 269 g/mol. The Kier molecular flexibility index (Phi) is 4.66. The molecule has 98 valence electrons. The predicted molar refractivity (Wildman–Crippen MR) is 69.8 cm³/mol. The normalized spacial score (nSPS) is 11.1. The van der Waals surface area contributed by atoms with E-state index < -0.39 is 5.97 Å². The van der Waals surface area contributed by atoms with Gasteiger partial charge < -0.3 is 10.4 Å². The fourth-order valence-corrected chi connectivity index (χ4v) is 1.67. The molecule has 0 fully saturated rings. The minimum Gasteiger partial charge on any atom is -0.476 e. The van der Waals surface area contributed by atoms with Crippen LogP contribution >= 0.6 is 11.8 Å². The van der Waals surface area contributed by atoms with Crippen molar-refractivity contribution in [2.24, 2.45) is 0 Å². The standard InChI is InChI=1S/C11H15N3O3S/c1-11(2,3)18-6-7(15)14-9-8(10(16)17)12-4-5-13-9/h4-5H,6H2,1-3H3,(H,16,17)(H,13,14,15). The lowest BCUT2D eigenvalue weighted by Crippen LogP contribution is -2.21. The Hall–Kier alpha value is -1.63. The molecular formula is C11H15N3O3S. The minimum atomic E-state index is -1.22. The Labute approximate surface area is 109 Å². The lowest BCUT2D eigenvalue weighted by Gasteiger charge is -2.16. The maximum absolute atomic E-state index is 11.6. The highest BCUT2D eigenvalue weighted by Gasteiger charge is 2.17. The van der Waals surface area contributed by atoms with Crippen LogP contribution in [0.4, 0.5) is 5.82 Å². The topological polar surface area (TPSA) is 92.2 Å². The van der Waals surface area contributed by atoms with Crippen molar-refractivity contribution in [1.82, 2.24) is 9.97 Å². The number of thioether (sulfide) groups is 1. The first-order chi connectivity index (χ1) is 8.29. The summed E-state index contributed by atoms with van der Waals surface area (Å²) < 4.78 is -0.0324. The molecule has 18 heavy (non-hydrogen) atoms. The molecule has 6 nitrogen and oxygen atoms in total. The molecule has 7 heteroatoms. The zero-order valence-corrected chi connectivity index (χ0v) is 11.2. The Bertz CT molecular complexity index is 457. The average Bonchev–Trinajstić information content (AvgIpc) is 2.26. The van der Waals surface area contributed by atoms with Crippen LogP contribution < -0.4 is 5.32 Å². The van der Waals surface area contributed by atoms with Crippen LogP contribution in [-0.4, -0.2) is 37.5 Å². The van der Waals surface area contributed by atoms with Crippen LogP contribution in [0.2, 0.25) is 0 Å². The quantitative estimate of drug-likeness (QED) is 0.863. The second kappa shape index (κ2) is 5.81. The van der Waals surface area contributed by atoms with Crippen molar-refractivity contribution in [3.05, 3.63) is 18.1 Å². The van der Waals surface area contributed by atoms with E-state index in [1.807, 2.05) is 20.8 Å². The lowest BCUT2D eigenvalue weighted by atomic mass is 10.3. The number of anilines is 1. The first kappa shape index (κ1) is 14.4. The van der Waals surface area contributed by atoms with E-state index in [1.54, 1.807) is 0 Å². The van der Waals surface area contributed by atoms with Crippen LogP contribution in [0, 0.1) is 0 Å². The van der Waals surface area contributed by atoms with Gasteiger partial charge in [0.15, 0.2) is 11.5 Å². The van der Waals surface area contributed by atoms with E-state index in [2.05, 4.69) is 15.3 Å². The number of hydrogen-bond acceptors (Lipinski definition) is 5. The summed E-state index contributed by atoms with van der Waals surface area (Å²) in [6.45, 7) is 5.99. The zero-order chi connectivity index (χ0) is 13.8. The average molecular weight is 269 g/mol. The molecule has 0 radical (unpaired) electrons. The van der Waals surface area contributed by atoms with Crippen molar-refractivity contribution in [1.29, 1.82) is 0 Å². The molecule has 0 unspecified atom stereocenters. The van der Waals surface area contributed by atoms with E-state index in [1.165, 1.54) is 24.2 Å². The molecule has 0 saturated heterocycles. The van der Waals surface area contributed by atoms with Crippen LogP contribution in [0.5, 0.6) is 0 Å². The highest BCUT2D eigenvalue weighted by molar-refractivity contribution is 8.01. The van der Waals surface area contributed by atoms with Gasteiger partial charge in [-0.15, -0.1) is 11.8 Å². The Morgan fingerprint density at radius 1 is 1.33 bits per heavy atom. The molecule has 1 rings (SSSR count). The minimum absolute atomic E-state index is 0.0236. The van der Waals surface area contributed by atoms with Gasteiger partial charge >= 0.3 is 5.97 Å². The van der Waals surface area contributed by atoms with E-state index >= 15 is 0 Å².